The van der Waals surface area contributed by atoms with Crippen molar-refractivity contribution < 1.29 is 13.9 Å². The minimum Gasteiger partial charge on any atom is -0.383 e. The molecule has 19 heavy (non-hydrogen) atoms. The topological polar surface area (TPSA) is 59.1 Å². The number of benzene rings is 1. The van der Waals surface area contributed by atoms with Crippen LogP contribution in [-0.4, -0.2) is 10.1 Å². The van der Waals surface area contributed by atoms with Crippen LogP contribution in [0.3, 0.4) is 0 Å². The van der Waals surface area contributed by atoms with Crippen molar-refractivity contribution >= 4 is 5.82 Å². The number of halogens is 2. The summed E-state index contributed by atoms with van der Waals surface area (Å²) in [4.78, 5) is 3.92. The lowest BCUT2D eigenvalue weighted by Crippen LogP contribution is -2.26. The molecule has 1 aromatic carbocycles. The number of nitrogens with two attached hydrogens (primary N) is 1. The Hall–Kier alpha value is -2.01. The van der Waals surface area contributed by atoms with Crippen LogP contribution in [0.2, 0.25) is 0 Å². The summed E-state index contributed by atoms with van der Waals surface area (Å²) in [5, 5.41) is 10.5. The number of aryl methyl sites for hydroxylation is 1. The van der Waals surface area contributed by atoms with Gasteiger partial charge in [-0.3, -0.25) is 0 Å². The highest BCUT2D eigenvalue weighted by Gasteiger charge is 2.32. The fourth-order valence-corrected chi connectivity index (χ4v) is 1.99. The van der Waals surface area contributed by atoms with E-state index in [1.54, 1.807) is 13.0 Å². The lowest BCUT2D eigenvalue weighted by molar-refractivity contribution is 0.0974. The summed E-state index contributed by atoms with van der Waals surface area (Å²) >= 11 is 0. The minimum atomic E-state index is -1.75. The summed E-state index contributed by atoms with van der Waals surface area (Å²) in [5.74, 6) is -2.02. The highest BCUT2D eigenvalue weighted by Crippen LogP contribution is 2.34. The number of aliphatic hydroxyl groups is 1. The molecule has 0 aliphatic heterocycles. The summed E-state index contributed by atoms with van der Waals surface area (Å²) in [5.41, 5.74) is 4.80. The molecule has 3 N–H and O–H groups in total. The lowest BCUT2D eigenvalue weighted by atomic mass is 9.87. The third kappa shape index (κ3) is 2.29. The molecule has 0 aliphatic carbocycles. The molecule has 2 aromatic rings. The Balaban J connectivity index is 2.65. The third-order valence-electron chi connectivity index (χ3n) is 3.06. The first-order valence-corrected chi connectivity index (χ1v) is 5.73. The van der Waals surface area contributed by atoms with Crippen molar-refractivity contribution in [2.24, 2.45) is 0 Å². The van der Waals surface area contributed by atoms with Crippen LogP contribution in [0.4, 0.5) is 14.6 Å². The van der Waals surface area contributed by atoms with Gasteiger partial charge in [-0.15, -0.1) is 0 Å². The Morgan fingerprint density at radius 1 is 1.26 bits per heavy atom. The van der Waals surface area contributed by atoms with Crippen LogP contribution >= 0.6 is 0 Å². The summed E-state index contributed by atoms with van der Waals surface area (Å²) in [6, 6.07) is 5.25. The molecule has 1 heterocycles. The molecule has 100 valence electrons. The third-order valence-corrected chi connectivity index (χ3v) is 3.06. The van der Waals surface area contributed by atoms with Crippen molar-refractivity contribution in [1.82, 2.24) is 4.98 Å². The molecule has 1 unspecified atom stereocenters. The van der Waals surface area contributed by atoms with Gasteiger partial charge in [0, 0.05) is 17.3 Å². The van der Waals surface area contributed by atoms with Crippen LogP contribution in [0.15, 0.2) is 30.5 Å². The largest absolute Gasteiger partial charge is 0.383 e. The number of rotatable bonds is 2. The van der Waals surface area contributed by atoms with Crippen LogP contribution in [0.5, 0.6) is 0 Å². The predicted molar refractivity (Wildman–Crippen MR) is 68.4 cm³/mol. The van der Waals surface area contributed by atoms with E-state index in [0.717, 1.165) is 11.6 Å². The molecule has 0 amide bonds. The molecule has 0 aliphatic rings. The SMILES string of the molecule is Cc1cnc(N)c(C(C)(O)c2cccc(F)c2F)c1. The molecule has 5 heteroatoms. The number of anilines is 1. The second-order valence-corrected chi connectivity index (χ2v) is 4.62. The van der Waals surface area contributed by atoms with Gasteiger partial charge in [0.15, 0.2) is 11.6 Å². The van der Waals surface area contributed by atoms with E-state index >= 15 is 0 Å². The zero-order valence-corrected chi connectivity index (χ0v) is 10.6. The van der Waals surface area contributed by atoms with Gasteiger partial charge in [-0.2, -0.15) is 0 Å². The van der Waals surface area contributed by atoms with Gasteiger partial charge in [0.25, 0.3) is 0 Å². The standard InChI is InChI=1S/C14H14F2N2O/c1-8-6-10(13(17)18-7-8)14(2,19)9-4-3-5-11(15)12(9)16/h3-7,19H,1-2H3,(H2,17,18). The molecule has 3 nitrogen and oxygen atoms in total. The fraction of sp³-hybridized carbons (Fsp3) is 0.214. The zero-order chi connectivity index (χ0) is 14.2. The van der Waals surface area contributed by atoms with E-state index in [1.807, 2.05) is 0 Å². The smallest absolute Gasteiger partial charge is 0.165 e. The average Bonchev–Trinajstić information content (AvgIpc) is 2.35. The van der Waals surface area contributed by atoms with Gasteiger partial charge in [0.1, 0.15) is 11.4 Å². The fourth-order valence-electron chi connectivity index (χ4n) is 1.99. The molecule has 0 spiro atoms. The Morgan fingerprint density at radius 2 is 1.95 bits per heavy atom. The first-order valence-electron chi connectivity index (χ1n) is 5.73. The van der Waals surface area contributed by atoms with Crippen molar-refractivity contribution in [3.63, 3.8) is 0 Å². The molecular weight excluding hydrogens is 250 g/mol. The van der Waals surface area contributed by atoms with Crippen LogP contribution in [-0.2, 0) is 5.60 Å². The first kappa shape index (κ1) is 13.4. The highest BCUT2D eigenvalue weighted by atomic mass is 19.2. The van der Waals surface area contributed by atoms with Crippen molar-refractivity contribution in [2.45, 2.75) is 19.4 Å². The molecule has 1 aromatic heterocycles. The molecule has 0 saturated carbocycles. The van der Waals surface area contributed by atoms with Crippen LogP contribution in [0, 0.1) is 18.6 Å². The molecule has 0 saturated heterocycles. The summed E-state index contributed by atoms with van der Waals surface area (Å²) in [6.45, 7) is 3.13. The van der Waals surface area contributed by atoms with Crippen LogP contribution in [0.1, 0.15) is 23.6 Å². The normalized spacial score (nSPS) is 14.2. The number of nitrogens with zero attached hydrogens (tertiary/aromatic N) is 1. The van der Waals surface area contributed by atoms with Crippen molar-refractivity contribution in [1.29, 1.82) is 0 Å². The average molecular weight is 264 g/mol. The van der Waals surface area contributed by atoms with Gasteiger partial charge in [-0.05, 0) is 31.5 Å². The van der Waals surface area contributed by atoms with Crippen molar-refractivity contribution in [3.05, 3.63) is 58.8 Å². The first-order chi connectivity index (χ1) is 8.84. The van der Waals surface area contributed by atoms with Gasteiger partial charge < -0.3 is 10.8 Å². The van der Waals surface area contributed by atoms with Crippen LogP contribution in [0.25, 0.3) is 0 Å². The predicted octanol–water partition coefficient (Wildman–Crippen LogP) is 2.51. The van der Waals surface area contributed by atoms with E-state index in [-0.39, 0.29) is 16.9 Å². The van der Waals surface area contributed by atoms with Gasteiger partial charge in [0.2, 0.25) is 0 Å². The molecule has 0 radical (unpaired) electrons. The van der Waals surface area contributed by atoms with Gasteiger partial charge in [-0.1, -0.05) is 12.1 Å². The van der Waals surface area contributed by atoms with Gasteiger partial charge >= 0.3 is 0 Å². The van der Waals surface area contributed by atoms with Crippen molar-refractivity contribution in [2.75, 3.05) is 5.73 Å². The molecule has 1 atom stereocenters. The lowest BCUT2D eigenvalue weighted by Gasteiger charge is -2.26. The quantitative estimate of drug-likeness (QED) is 0.876. The van der Waals surface area contributed by atoms with E-state index in [2.05, 4.69) is 4.98 Å². The van der Waals surface area contributed by atoms with Gasteiger partial charge in [0.05, 0.1) is 0 Å². The maximum absolute atomic E-state index is 13.8. The Morgan fingerprint density at radius 3 is 2.63 bits per heavy atom. The molecular formula is C14H14F2N2O. The van der Waals surface area contributed by atoms with E-state index in [9.17, 15) is 13.9 Å². The van der Waals surface area contributed by atoms with E-state index in [4.69, 9.17) is 5.73 Å². The number of nitrogen functional groups attached to an aromatic ring is 1. The Labute approximate surface area is 109 Å². The second kappa shape index (κ2) is 4.59. The molecule has 0 fully saturated rings. The molecule has 2 rings (SSSR count). The van der Waals surface area contributed by atoms with E-state index in [1.165, 1.54) is 25.3 Å². The molecule has 0 bridgehead atoms. The maximum Gasteiger partial charge on any atom is 0.165 e. The minimum absolute atomic E-state index is 0.0826. The number of aromatic nitrogens is 1. The number of pyridine rings is 1. The zero-order valence-electron chi connectivity index (χ0n) is 10.6. The van der Waals surface area contributed by atoms with Crippen molar-refractivity contribution in [3.8, 4) is 0 Å². The maximum atomic E-state index is 13.8. The van der Waals surface area contributed by atoms with E-state index in [0.29, 0.717) is 0 Å². The van der Waals surface area contributed by atoms with E-state index < -0.39 is 17.2 Å². The Kier molecular flexibility index (Phi) is 3.24. The summed E-state index contributed by atoms with van der Waals surface area (Å²) in [6.07, 6.45) is 1.54. The highest BCUT2D eigenvalue weighted by molar-refractivity contribution is 5.49. The monoisotopic (exact) mass is 264 g/mol. The Bertz CT molecular complexity index is 623. The van der Waals surface area contributed by atoms with Crippen LogP contribution < -0.4 is 5.73 Å². The number of hydrogen-bond acceptors (Lipinski definition) is 3. The van der Waals surface area contributed by atoms with Gasteiger partial charge in [-0.25, -0.2) is 13.8 Å². The number of hydrogen-bond donors (Lipinski definition) is 2. The summed E-state index contributed by atoms with van der Waals surface area (Å²) in [7, 11) is 0. The second-order valence-electron chi connectivity index (χ2n) is 4.62. The summed E-state index contributed by atoms with van der Waals surface area (Å²) < 4.78 is 27.1.